The van der Waals surface area contributed by atoms with Crippen LogP contribution in [0, 0.1) is 0 Å². The highest BCUT2D eigenvalue weighted by Gasteiger charge is 2.13. The Labute approximate surface area is 117 Å². The van der Waals surface area contributed by atoms with Crippen molar-refractivity contribution in [1.82, 2.24) is 5.32 Å². The molecule has 2 rings (SSSR count). The van der Waals surface area contributed by atoms with E-state index >= 15 is 0 Å². The first kappa shape index (κ1) is 13.4. The highest BCUT2D eigenvalue weighted by Crippen LogP contribution is 2.28. The van der Waals surface area contributed by atoms with Gasteiger partial charge in [0, 0.05) is 10.0 Å². The van der Waals surface area contributed by atoms with E-state index in [1.807, 2.05) is 18.2 Å². The third-order valence-corrected chi connectivity index (χ3v) is 3.43. The van der Waals surface area contributed by atoms with E-state index < -0.39 is 0 Å². The maximum absolute atomic E-state index is 5.95. The molecular formula is C15H18BrNO. The fraction of sp³-hybridized carbons (Fsp3) is 0.333. The van der Waals surface area contributed by atoms with Gasteiger partial charge in [0.05, 0.1) is 6.04 Å². The molecule has 1 aromatic carbocycles. The molecule has 1 N–H and O–H groups in total. The molecule has 96 valence electrons. The lowest BCUT2D eigenvalue weighted by Crippen LogP contribution is -2.19. The molecule has 0 aliphatic carbocycles. The van der Waals surface area contributed by atoms with Crippen LogP contribution in [0.1, 0.15) is 32.1 Å². The van der Waals surface area contributed by atoms with E-state index in [4.69, 9.17) is 4.42 Å². The van der Waals surface area contributed by atoms with Crippen LogP contribution in [-0.2, 0) is 0 Å². The quantitative estimate of drug-likeness (QED) is 0.860. The van der Waals surface area contributed by atoms with Gasteiger partial charge in [-0.05, 0) is 37.2 Å². The molecule has 0 aliphatic rings. The van der Waals surface area contributed by atoms with E-state index in [9.17, 15) is 0 Å². The molecular weight excluding hydrogens is 290 g/mol. The summed E-state index contributed by atoms with van der Waals surface area (Å²) in [4.78, 5) is 0. The van der Waals surface area contributed by atoms with Crippen molar-refractivity contribution in [3.63, 3.8) is 0 Å². The third-order valence-electron chi connectivity index (χ3n) is 2.94. The number of hydrogen-bond acceptors (Lipinski definition) is 2. The van der Waals surface area contributed by atoms with E-state index in [2.05, 4.69) is 53.3 Å². The first-order chi connectivity index (χ1) is 8.74. The van der Waals surface area contributed by atoms with Gasteiger partial charge in [0.25, 0.3) is 0 Å². The smallest absolute Gasteiger partial charge is 0.134 e. The number of halogens is 1. The summed E-state index contributed by atoms with van der Waals surface area (Å²) < 4.78 is 7.01. The van der Waals surface area contributed by atoms with E-state index in [0.717, 1.165) is 34.5 Å². The standard InChI is InChI=1S/C15H18BrNO/c1-3-13(17-4-2)15-9-8-14(18-15)11-6-5-7-12(16)10-11/h5-10,13,17H,3-4H2,1-2H3. The Bertz CT molecular complexity index is 507. The monoisotopic (exact) mass is 307 g/mol. The van der Waals surface area contributed by atoms with E-state index in [1.54, 1.807) is 0 Å². The van der Waals surface area contributed by atoms with Crippen LogP contribution in [0.5, 0.6) is 0 Å². The maximum atomic E-state index is 5.95. The van der Waals surface area contributed by atoms with Crippen LogP contribution in [0.4, 0.5) is 0 Å². The van der Waals surface area contributed by atoms with Gasteiger partial charge in [0.2, 0.25) is 0 Å². The summed E-state index contributed by atoms with van der Waals surface area (Å²) >= 11 is 3.48. The van der Waals surface area contributed by atoms with Crippen molar-refractivity contribution >= 4 is 15.9 Å². The average Bonchev–Trinajstić information content (AvgIpc) is 2.85. The predicted molar refractivity (Wildman–Crippen MR) is 78.6 cm³/mol. The van der Waals surface area contributed by atoms with Crippen LogP contribution in [0.3, 0.4) is 0 Å². The minimum Gasteiger partial charge on any atom is -0.459 e. The van der Waals surface area contributed by atoms with Gasteiger partial charge < -0.3 is 9.73 Å². The van der Waals surface area contributed by atoms with Crippen LogP contribution in [0.2, 0.25) is 0 Å². The Kier molecular flexibility index (Phi) is 4.61. The summed E-state index contributed by atoms with van der Waals surface area (Å²) in [7, 11) is 0. The van der Waals surface area contributed by atoms with Crippen LogP contribution in [-0.4, -0.2) is 6.54 Å². The van der Waals surface area contributed by atoms with Crippen molar-refractivity contribution < 1.29 is 4.42 Å². The molecule has 0 saturated heterocycles. The Morgan fingerprint density at radius 3 is 2.72 bits per heavy atom. The molecule has 0 bridgehead atoms. The van der Waals surface area contributed by atoms with Gasteiger partial charge in [-0.1, -0.05) is 41.9 Å². The summed E-state index contributed by atoms with van der Waals surface area (Å²) in [5, 5.41) is 3.42. The average molecular weight is 308 g/mol. The van der Waals surface area contributed by atoms with Gasteiger partial charge in [-0.25, -0.2) is 0 Å². The van der Waals surface area contributed by atoms with Crippen molar-refractivity contribution in [2.75, 3.05) is 6.54 Å². The van der Waals surface area contributed by atoms with Gasteiger partial charge in [0.15, 0.2) is 0 Å². The molecule has 1 aromatic heterocycles. The molecule has 2 aromatic rings. The van der Waals surface area contributed by atoms with Crippen molar-refractivity contribution in [2.24, 2.45) is 0 Å². The zero-order chi connectivity index (χ0) is 13.0. The Morgan fingerprint density at radius 1 is 1.22 bits per heavy atom. The first-order valence-electron chi connectivity index (χ1n) is 6.33. The molecule has 2 nitrogen and oxygen atoms in total. The normalized spacial score (nSPS) is 12.6. The SMILES string of the molecule is CCNC(CC)c1ccc(-c2cccc(Br)c2)o1. The lowest BCUT2D eigenvalue weighted by atomic mass is 10.1. The summed E-state index contributed by atoms with van der Waals surface area (Å²) in [5.41, 5.74) is 1.10. The molecule has 18 heavy (non-hydrogen) atoms. The van der Waals surface area contributed by atoms with Crippen molar-refractivity contribution in [3.05, 3.63) is 46.6 Å². The van der Waals surface area contributed by atoms with Gasteiger partial charge in [-0.2, -0.15) is 0 Å². The number of furan rings is 1. The van der Waals surface area contributed by atoms with Gasteiger partial charge in [0.1, 0.15) is 11.5 Å². The van der Waals surface area contributed by atoms with Gasteiger partial charge >= 0.3 is 0 Å². The number of benzene rings is 1. The second-order valence-electron chi connectivity index (χ2n) is 4.23. The minimum absolute atomic E-state index is 0.302. The molecule has 0 radical (unpaired) electrons. The molecule has 1 heterocycles. The summed E-state index contributed by atoms with van der Waals surface area (Å²) in [5.74, 6) is 1.93. The largest absolute Gasteiger partial charge is 0.459 e. The molecule has 0 fully saturated rings. The molecule has 3 heteroatoms. The first-order valence-corrected chi connectivity index (χ1v) is 7.13. The van der Waals surface area contributed by atoms with E-state index in [0.29, 0.717) is 6.04 Å². The lowest BCUT2D eigenvalue weighted by molar-refractivity contribution is 0.417. The zero-order valence-electron chi connectivity index (χ0n) is 10.7. The highest BCUT2D eigenvalue weighted by atomic mass is 79.9. The summed E-state index contributed by atoms with van der Waals surface area (Å²) in [6.45, 7) is 5.22. The second kappa shape index (κ2) is 6.21. The Hall–Kier alpha value is -1.06. The highest BCUT2D eigenvalue weighted by molar-refractivity contribution is 9.10. The van der Waals surface area contributed by atoms with Crippen molar-refractivity contribution in [1.29, 1.82) is 0 Å². The Morgan fingerprint density at radius 2 is 2.06 bits per heavy atom. The van der Waals surface area contributed by atoms with Crippen LogP contribution < -0.4 is 5.32 Å². The number of hydrogen-bond donors (Lipinski definition) is 1. The zero-order valence-corrected chi connectivity index (χ0v) is 12.3. The summed E-state index contributed by atoms with van der Waals surface area (Å²) in [6, 6.07) is 12.6. The van der Waals surface area contributed by atoms with Crippen molar-refractivity contribution in [2.45, 2.75) is 26.3 Å². The molecule has 0 aliphatic heterocycles. The lowest BCUT2D eigenvalue weighted by Gasteiger charge is -2.12. The molecule has 0 spiro atoms. The fourth-order valence-electron chi connectivity index (χ4n) is 2.03. The van der Waals surface area contributed by atoms with Crippen LogP contribution in [0.15, 0.2) is 45.3 Å². The summed E-state index contributed by atoms with van der Waals surface area (Å²) in [6.07, 6.45) is 1.03. The fourth-order valence-corrected chi connectivity index (χ4v) is 2.43. The Balaban J connectivity index is 2.24. The van der Waals surface area contributed by atoms with E-state index in [1.165, 1.54) is 0 Å². The minimum atomic E-state index is 0.302. The van der Waals surface area contributed by atoms with Crippen molar-refractivity contribution in [3.8, 4) is 11.3 Å². The van der Waals surface area contributed by atoms with Crippen LogP contribution in [0.25, 0.3) is 11.3 Å². The van der Waals surface area contributed by atoms with Crippen LogP contribution >= 0.6 is 15.9 Å². The molecule has 1 unspecified atom stereocenters. The number of nitrogens with one attached hydrogen (secondary N) is 1. The molecule has 0 amide bonds. The van der Waals surface area contributed by atoms with E-state index in [-0.39, 0.29) is 0 Å². The topological polar surface area (TPSA) is 25.2 Å². The maximum Gasteiger partial charge on any atom is 0.134 e. The molecule has 0 saturated carbocycles. The van der Waals surface area contributed by atoms with Gasteiger partial charge in [-0.3, -0.25) is 0 Å². The molecule has 1 atom stereocenters. The predicted octanol–water partition coefficient (Wildman–Crippen LogP) is 4.77. The second-order valence-corrected chi connectivity index (χ2v) is 5.15. The third kappa shape index (κ3) is 3.03. The number of rotatable bonds is 5. The van der Waals surface area contributed by atoms with Gasteiger partial charge in [-0.15, -0.1) is 0 Å².